The van der Waals surface area contributed by atoms with Gasteiger partial charge >= 0.3 is 0 Å². The summed E-state index contributed by atoms with van der Waals surface area (Å²) in [4.78, 5) is 0. The Kier molecular flexibility index (Phi) is 4.37. The van der Waals surface area contributed by atoms with Crippen molar-refractivity contribution in [3.63, 3.8) is 0 Å². The number of hydrogen-bond donors (Lipinski definition) is 1. The van der Waals surface area contributed by atoms with Crippen LogP contribution in [-0.4, -0.2) is 14.9 Å². The van der Waals surface area contributed by atoms with E-state index in [1.54, 1.807) is 6.07 Å². The minimum Gasteiger partial charge on any atom is -0.388 e. The summed E-state index contributed by atoms with van der Waals surface area (Å²) in [7, 11) is 0. The fraction of sp³-hybridized carbons (Fsp3) is 0.357. The quantitative estimate of drug-likeness (QED) is 0.935. The molecule has 0 radical (unpaired) electrons. The van der Waals surface area contributed by atoms with E-state index in [2.05, 4.69) is 21.0 Å². The molecule has 0 spiro atoms. The molecule has 1 unspecified atom stereocenters. The lowest BCUT2D eigenvalue weighted by atomic mass is 10.0. The third kappa shape index (κ3) is 3.22. The highest BCUT2D eigenvalue weighted by molar-refractivity contribution is 9.10. The van der Waals surface area contributed by atoms with Crippen molar-refractivity contribution in [2.45, 2.75) is 32.9 Å². The fourth-order valence-electron chi connectivity index (χ4n) is 2.12. The van der Waals surface area contributed by atoms with Crippen LogP contribution < -0.4 is 0 Å². The van der Waals surface area contributed by atoms with Gasteiger partial charge in [-0.3, -0.25) is 4.68 Å². The zero-order valence-electron chi connectivity index (χ0n) is 10.9. The Morgan fingerprint density at radius 3 is 2.79 bits per heavy atom. The maximum atomic E-state index is 13.0. The van der Waals surface area contributed by atoms with E-state index in [4.69, 9.17) is 0 Å². The second-order valence-corrected chi connectivity index (χ2v) is 5.33. The second kappa shape index (κ2) is 5.84. The first-order valence-corrected chi connectivity index (χ1v) is 6.97. The monoisotopic (exact) mass is 326 g/mol. The molecule has 3 nitrogen and oxygen atoms in total. The molecule has 0 bridgehead atoms. The van der Waals surface area contributed by atoms with Crippen LogP contribution in [0.2, 0.25) is 0 Å². The number of benzene rings is 1. The second-order valence-electron chi connectivity index (χ2n) is 4.48. The van der Waals surface area contributed by atoms with Crippen molar-refractivity contribution >= 4 is 15.9 Å². The van der Waals surface area contributed by atoms with Crippen LogP contribution in [0.1, 0.15) is 30.0 Å². The van der Waals surface area contributed by atoms with Gasteiger partial charge < -0.3 is 5.11 Å². The van der Waals surface area contributed by atoms with Gasteiger partial charge in [-0.1, -0.05) is 22.0 Å². The summed E-state index contributed by atoms with van der Waals surface area (Å²) in [5, 5.41) is 14.6. The van der Waals surface area contributed by atoms with Crippen LogP contribution in [0.4, 0.5) is 4.39 Å². The molecule has 1 aromatic heterocycles. The maximum absolute atomic E-state index is 13.0. The summed E-state index contributed by atoms with van der Waals surface area (Å²) >= 11 is 3.28. The first-order valence-electron chi connectivity index (χ1n) is 6.17. The van der Waals surface area contributed by atoms with E-state index in [9.17, 15) is 9.50 Å². The Bertz CT molecular complexity index is 583. The first kappa shape index (κ1) is 14.2. The zero-order valence-corrected chi connectivity index (χ0v) is 12.5. The number of rotatable bonds is 4. The highest BCUT2D eigenvalue weighted by Gasteiger charge is 2.15. The highest BCUT2D eigenvalue weighted by atomic mass is 79.9. The van der Waals surface area contributed by atoms with Crippen molar-refractivity contribution in [3.8, 4) is 0 Å². The van der Waals surface area contributed by atoms with Crippen LogP contribution in [0, 0.1) is 12.7 Å². The smallest absolute Gasteiger partial charge is 0.124 e. The van der Waals surface area contributed by atoms with Gasteiger partial charge in [-0.25, -0.2) is 4.39 Å². The zero-order chi connectivity index (χ0) is 14.0. The van der Waals surface area contributed by atoms with Crippen molar-refractivity contribution in [1.82, 2.24) is 9.78 Å². The summed E-state index contributed by atoms with van der Waals surface area (Å²) in [6, 6.07) is 6.28. The van der Waals surface area contributed by atoms with Crippen LogP contribution in [0.15, 0.2) is 28.7 Å². The van der Waals surface area contributed by atoms with E-state index in [0.29, 0.717) is 16.5 Å². The Morgan fingerprint density at radius 1 is 1.42 bits per heavy atom. The molecule has 1 heterocycles. The average molecular weight is 327 g/mol. The van der Waals surface area contributed by atoms with Crippen molar-refractivity contribution in [1.29, 1.82) is 0 Å². The van der Waals surface area contributed by atoms with Gasteiger partial charge in [-0.2, -0.15) is 5.10 Å². The molecule has 0 amide bonds. The van der Waals surface area contributed by atoms with Crippen LogP contribution in [0.3, 0.4) is 0 Å². The molecule has 0 aliphatic carbocycles. The topological polar surface area (TPSA) is 38.0 Å². The number of halogens is 2. The van der Waals surface area contributed by atoms with Crippen molar-refractivity contribution in [2.75, 3.05) is 0 Å². The number of hydrogen-bond acceptors (Lipinski definition) is 2. The van der Waals surface area contributed by atoms with E-state index in [1.807, 2.05) is 24.6 Å². The lowest BCUT2D eigenvalue weighted by molar-refractivity contribution is 0.174. The molecule has 0 aliphatic heterocycles. The molecule has 0 aliphatic rings. The molecule has 2 aromatic rings. The van der Waals surface area contributed by atoms with Crippen LogP contribution in [0.5, 0.6) is 0 Å². The van der Waals surface area contributed by atoms with E-state index >= 15 is 0 Å². The number of aromatic nitrogens is 2. The van der Waals surface area contributed by atoms with E-state index < -0.39 is 6.10 Å². The normalized spacial score (nSPS) is 12.7. The number of nitrogens with zero attached hydrogens (tertiary/aromatic N) is 2. The number of aliphatic hydroxyl groups excluding tert-OH is 1. The molecule has 1 atom stereocenters. The SMILES string of the molecule is CCn1nc(C)cc1CC(O)c1ccc(F)cc1Br. The molecular weight excluding hydrogens is 311 g/mol. The van der Waals surface area contributed by atoms with Gasteiger partial charge in [0.1, 0.15) is 5.82 Å². The lowest BCUT2D eigenvalue weighted by Crippen LogP contribution is -2.09. The van der Waals surface area contributed by atoms with Crippen LogP contribution in [0.25, 0.3) is 0 Å². The van der Waals surface area contributed by atoms with Gasteiger partial charge in [0.15, 0.2) is 0 Å². The largest absolute Gasteiger partial charge is 0.388 e. The third-order valence-electron chi connectivity index (χ3n) is 3.01. The summed E-state index contributed by atoms with van der Waals surface area (Å²) in [6.07, 6.45) is -0.227. The van der Waals surface area contributed by atoms with Gasteiger partial charge in [0.2, 0.25) is 0 Å². The van der Waals surface area contributed by atoms with E-state index in [0.717, 1.165) is 17.9 Å². The van der Waals surface area contributed by atoms with Crippen LogP contribution >= 0.6 is 15.9 Å². The lowest BCUT2D eigenvalue weighted by Gasteiger charge is -2.13. The van der Waals surface area contributed by atoms with E-state index in [1.165, 1.54) is 12.1 Å². The molecule has 0 fully saturated rings. The molecule has 0 saturated carbocycles. The number of aliphatic hydroxyl groups is 1. The van der Waals surface area contributed by atoms with Gasteiger partial charge in [-0.05, 0) is 37.6 Å². The highest BCUT2D eigenvalue weighted by Crippen LogP contribution is 2.27. The van der Waals surface area contributed by atoms with Gasteiger partial charge in [0, 0.05) is 23.1 Å². The van der Waals surface area contributed by atoms with Gasteiger partial charge in [0.05, 0.1) is 11.8 Å². The van der Waals surface area contributed by atoms with Crippen LogP contribution in [-0.2, 0) is 13.0 Å². The minimum atomic E-state index is -0.684. The first-order chi connectivity index (χ1) is 9.01. The molecule has 1 aromatic carbocycles. The summed E-state index contributed by atoms with van der Waals surface area (Å²) in [5.74, 6) is -0.322. The Balaban J connectivity index is 2.22. The predicted molar refractivity (Wildman–Crippen MR) is 75.4 cm³/mol. The molecule has 1 N–H and O–H groups in total. The summed E-state index contributed by atoms with van der Waals surface area (Å²) in [6.45, 7) is 4.70. The van der Waals surface area contributed by atoms with Crippen molar-refractivity contribution in [2.24, 2.45) is 0 Å². The fourth-order valence-corrected chi connectivity index (χ4v) is 2.73. The molecule has 0 saturated heterocycles. The molecule has 5 heteroatoms. The Hall–Kier alpha value is -1.20. The third-order valence-corrected chi connectivity index (χ3v) is 3.70. The molecule has 2 rings (SSSR count). The number of aryl methyl sites for hydroxylation is 2. The standard InChI is InChI=1S/C14H16BrFN2O/c1-3-18-11(6-9(2)17-18)8-14(19)12-5-4-10(16)7-13(12)15/h4-7,14,19H,3,8H2,1-2H3. The summed E-state index contributed by atoms with van der Waals surface area (Å²) in [5.41, 5.74) is 2.59. The van der Waals surface area contributed by atoms with E-state index in [-0.39, 0.29) is 5.82 Å². The summed E-state index contributed by atoms with van der Waals surface area (Å²) < 4.78 is 15.5. The van der Waals surface area contributed by atoms with Gasteiger partial charge in [-0.15, -0.1) is 0 Å². The molecule has 19 heavy (non-hydrogen) atoms. The van der Waals surface area contributed by atoms with Gasteiger partial charge in [0.25, 0.3) is 0 Å². The Labute approximate surface area is 120 Å². The maximum Gasteiger partial charge on any atom is 0.124 e. The molecule has 102 valence electrons. The average Bonchev–Trinajstić information content (AvgIpc) is 2.69. The Morgan fingerprint density at radius 2 is 2.16 bits per heavy atom. The predicted octanol–water partition coefficient (Wildman–Crippen LogP) is 3.39. The molecular formula is C14H16BrFN2O. The van der Waals surface area contributed by atoms with Crippen molar-refractivity contribution in [3.05, 3.63) is 51.5 Å². The van der Waals surface area contributed by atoms with Crippen molar-refractivity contribution < 1.29 is 9.50 Å². The minimum absolute atomic E-state index is 0.322.